The predicted octanol–water partition coefficient (Wildman–Crippen LogP) is 1.91. The molecule has 0 N–H and O–H groups in total. The molecule has 2 aromatic rings. The van der Waals surface area contributed by atoms with E-state index in [4.69, 9.17) is 4.74 Å². The first-order chi connectivity index (χ1) is 13.3. The van der Waals surface area contributed by atoms with Gasteiger partial charge in [0.2, 0.25) is 0 Å². The van der Waals surface area contributed by atoms with E-state index in [9.17, 15) is 13.2 Å². The van der Waals surface area contributed by atoms with Crippen LogP contribution in [0.4, 0.5) is 5.69 Å². The van der Waals surface area contributed by atoms with Gasteiger partial charge in [-0.3, -0.25) is 9.10 Å². The van der Waals surface area contributed by atoms with Crippen molar-refractivity contribution in [3.63, 3.8) is 0 Å². The number of piperazine rings is 1. The van der Waals surface area contributed by atoms with E-state index in [1.54, 1.807) is 41.3 Å². The summed E-state index contributed by atoms with van der Waals surface area (Å²) in [5, 5.41) is 0. The summed E-state index contributed by atoms with van der Waals surface area (Å²) in [7, 11) is 1.30. The van der Waals surface area contributed by atoms with Crippen molar-refractivity contribution in [2.24, 2.45) is 0 Å². The Bertz CT molecular complexity index is 936. The number of ether oxygens (including phenoxy) is 1. The largest absolute Gasteiger partial charge is 0.497 e. The first kappa shape index (κ1) is 20.2. The van der Waals surface area contributed by atoms with E-state index < -0.39 is 10.0 Å². The number of nitrogens with zero attached hydrogens (tertiary/aromatic N) is 3. The molecule has 150 valence electrons. The molecule has 0 atom stereocenters. The minimum Gasteiger partial charge on any atom is -0.497 e. The number of likely N-dealkylation sites (N-methyl/N-ethyl adjacent to an activating group) is 1. The van der Waals surface area contributed by atoms with Crippen molar-refractivity contribution in [3.8, 4) is 5.75 Å². The van der Waals surface area contributed by atoms with Crippen LogP contribution in [0.25, 0.3) is 0 Å². The SMILES string of the molecule is COc1ccc(S(=O)(=O)N(C)c2cccc(C(=O)N3CCN(C)CC3)c2)cc1. The lowest BCUT2D eigenvalue weighted by Crippen LogP contribution is -2.47. The van der Waals surface area contributed by atoms with Gasteiger partial charge in [0.05, 0.1) is 17.7 Å². The minimum atomic E-state index is -3.75. The topological polar surface area (TPSA) is 70.2 Å². The minimum absolute atomic E-state index is 0.0785. The van der Waals surface area contributed by atoms with E-state index in [2.05, 4.69) is 4.90 Å². The normalized spacial score (nSPS) is 15.3. The Morgan fingerprint density at radius 1 is 1.04 bits per heavy atom. The van der Waals surface area contributed by atoms with Gasteiger partial charge in [-0.25, -0.2) is 8.42 Å². The van der Waals surface area contributed by atoms with Crippen molar-refractivity contribution in [3.05, 3.63) is 54.1 Å². The van der Waals surface area contributed by atoms with Crippen molar-refractivity contribution in [1.82, 2.24) is 9.80 Å². The molecule has 0 saturated carbocycles. The molecule has 1 saturated heterocycles. The summed E-state index contributed by atoms with van der Waals surface area (Å²) in [6, 6.07) is 13.0. The van der Waals surface area contributed by atoms with Gasteiger partial charge in [-0.15, -0.1) is 0 Å². The fourth-order valence-corrected chi connectivity index (χ4v) is 4.26. The number of amides is 1. The van der Waals surface area contributed by atoms with E-state index >= 15 is 0 Å². The van der Waals surface area contributed by atoms with Crippen LogP contribution in [0.3, 0.4) is 0 Å². The Hall–Kier alpha value is -2.58. The van der Waals surface area contributed by atoms with Gasteiger partial charge in [-0.2, -0.15) is 0 Å². The van der Waals surface area contributed by atoms with Crippen LogP contribution in [0.1, 0.15) is 10.4 Å². The number of carbonyl (C=O) groups excluding carboxylic acids is 1. The van der Waals surface area contributed by atoms with Crippen LogP contribution in [-0.4, -0.2) is 71.5 Å². The van der Waals surface area contributed by atoms with Crippen LogP contribution in [0.5, 0.6) is 5.75 Å². The summed E-state index contributed by atoms with van der Waals surface area (Å²) >= 11 is 0. The van der Waals surface area contributed by atoms with E-state index in [1.165, 1.54) is 30.6 Å². The molecule has 0 radical (unpaired) electrons. The molecule has 1 aliphatic heterocycles. The van der Waals surface area contributed by atoms with Gasteiger partial charge in [0.1, 0.15) is 5.75 Å². The molecule has 0 spiro atoms. The molecular formula is C20H25N3O4S. The molecular weight excluding hydrogens is 378 g/mol. The lowest BCUT2D eigenvalue weighted by atomic mass is 10.1. The third-order valence-corrected chi connectivity index (χ3v) is 6.76. The fourth-order valence-electron chi connectivity index (χ4n) is 3.07. The van der Waals surface area contributed by atoms with Crippen molar-refractivity contribution >= 4 is 21.6 Å². The second-order valence-corrected chi connectivity index (χ2v) is 8.76. The maximum atomic E-state index is 12.9. The molecule has 1 heterocycles. The summed E-state index contributed by atoms with van der Waals surface area (Å²) in [4.78, 5) is 16.9. The first-order valence-corrected chi connectivity index (χ1v) is 10.5. The summed E-state index contributed by atoms with van der Waals surface area (Å²) in [5.41, 5.74) is 0.926. The predicted molar refractivity (Wildman–Crippen MR) is 108 cm³/mol. The molecule has 8 heteroatoms. The van der Waals surface area contributed by atoms with E-state index in [0.717, 1.165) is 13.1 Å². The lowest BCUT2D eigenvalue weighted by Gasteiger charge is -2.32. The molecule has 7 nitrogen and oxygen atoms in total. The molecule has 1 aliphatic rings. The van der Waals surface area contributed by atoms with Crippen LogP contribution < -0.4 is 9.04 Å². The van der Waals surface area contributed by atoms with Gasteiger partial charge in [0.25, 0.3) is 15.9 Å². The second kappa shape index (κ2) is 8.20. The van der Waals surface area contributed by atoms with Gasteiger partial charge in [-0.05, 0) is 49.5 Å². The summed E-state index contributed by atoms with van der Waals surface area (Å²) in [5.74, 6) is 0.506. The van der Waals surface area contributed by atoms with Crippen molar-refractivity contribution < 1.29 is 17.9 Å². The van der Waals surface area contributed by atoms with Gasteiger partial charge in [0.15, 0.2) is 0 Å². The molecule has 0 aliphatic carbocycles. The maximum absolute atomic E-state index is 12.9. The molecule has 1 amide bonds. The summed E-state index contributed by atoms with van der Waals surface area (Å²) < 4.78 is 32.1. The molecule has 2 aromatic carbocycles. The van der Waals surface area contributed by atoms with E-state index in [-0.39, 0.29) is 10.8 Å². The van der Waals surface area contributed by atoms with Crippen molar-refractivity contribution in [1.29, 1.82) is 0 Å². The van der Waals surface area contributed by atoms with Crippen molar-refractivity contribution in [2.75, 3.05) is 51.7 Å². The Morgan fingerprint density at radius 2 is 1.68 bits per heavy atom. The number of rotatable bonds is 5. The molecule has 0 bridgehead atoms. The van der Waals surface area contributed by atoms with Gasteiger partial charge >= 0.3 is 0 Å². The number of sulfonamides is 1. The summed E-state index contributed by atoms with van der Waals surface area (Å²) in [6.07, 6.45) is 0. The van der Waals surface area contributed by atoms with Gasteiger partial charge in [-0.1, -0.05) is 6.07 Å². The number of carbonyl (C=O) groups is 1. The van der Waals surface area contributed by atoms with Crippen molar-refractivity contribution in [2.45, 2.75) is 4.90 Å². The monoisotopic (exact) mass is 403 g/mol. The molecule has 0 aromatic heterocycles. The number of hydrogen-bond donors (Lipinski definition) is 0. The Balaban J connectivity index is 1.83. The first-order valence-electron chi connectivity index (χ1n) is 9.04. The summed E-state index contributed by atoms with van der Waals surface area (Å²) in [6.45, 7) is 2.99. The lowest BCUT2D eigenvalue weighted by molar-refractivity contribution is 0.0664. The number of anilines is 1. The van der Waals surface area contributed by atoms with Gasteiger partial charge < -0.3 is 14.5 Å². The number of benzene rings is 2. The van der Waals surface area contributed by atoms with E-state index in [0.29, 0.717) is 30.1 Å². The number of methoxy groups -OCH3 is 1. The third-order valence-electron chi connectivity index (χ3n) is 4.97. The smallest absolute Gasteiger partial charge is 0.264 e. The van der Waals surface area contributed by atoms with Crippen LogP contribution >= 0.6 is 0 Å². The molecule has 0 unspecified atom stereocenters. The fraction of sp³-hybridized carbons (Fsp3) is 0.350. The quantitative estimate of drug-likeness (QED) is 0.763. The van der Waals surface area contributed by atoms with Crippen LogP contribution in [0.15, 0.2) is 53.4 Å². The van der Waals surface area contributed by atoms with E-state index in [1.807, 2.05) is 7.05 Å². The second-order valence-electron chi connectivity index (χ2n) is 6.79. The highest BCUT2D eigenvalue weighted by atomic mass is 32.2. The Labute approximate surface area is 166 Å². The highest BCUT2D eigenvalue weighted by Crippen LogP contribution is 2.25. The van der Waals surface area contributed by atoms with Crippen LogP contribution in [-0.2, 0) is 10.0 Å². The maximum Gasteiger partial charge on any atom is 0.264 e. The molecule has 1 fully saturated rings. The zero-order chi connectivity index (χ0) is 20.3. The standard InChI is InChI=1S/C20H25N3O4S/c1-21-11-13-23(14-12-21)20(24)16-5-4-6-17(15-16)22(2)28(25,26)19-9-7-18(27-3)8-10-19/h4-10,15H,11-14H2,1-3H3. The Kier molecular flexibility index (Phi) is 5.90. The zero-order valence-electron chi connectivity index (χ0n) is 16.3. The van der Waals surface area contributed by atoms with Crippen LogP contribution in [0, 0.1) is 0 Å². The Morgan fingerprint density at radius 3 is 2.29 bits per heavy atom. The average molecular weight is 404 g/mol. The molecule has 3 rings (SSSR count). The highest BCUT2D eigenvalue weighted by Gasteiger charge is 2.24. The highest BCUT2D eigenvalue weighted by molar-refractivity contribution is 7.92. The number of hydrogen-bond acceptors (Lipinski definition) is 5. The molecule has 28 heavy (non-hydrogen) atoms. The average Bonchev–Trinajstić information content (AvgIpc) is 2.73. The van der Waals surface area contributed by atoms with Gasteiger partial charge in [0, 0.05) is 38.8 Å². The zero-order valence-corrected chi connectivity index (χ0v) is 17.1. The van der Waals surface area contributed by atoms with Crippen LogP contribution in [0.2, 0.25) is 0 Å². The third kappa shape index (κ3) is 4.13.